The van der Waals surface area contributed by atoms with Gasteiger partial charge in [-0.05, 0) is 0 Å². The molecule has 0 bridgehead atoms. The summed E-state index contributed by atoms with van der Waals surface area (Å²) in [6.07, 6.45) is 3.42. The van der Waals surface area contributed by atoms with E-state index in [0.717, 1.165) is 17.3 Å². The number of hydrogen-bond donors (Lipinski definition) is 2. The second kappa shape index (κ2) is 5.39. The van der Waals surface area contributed by atoms with Crippen LogP contribution in [0.1, 0.15) is 0 Å². The van der Waals surface area contributed by atoms with E-state index in [0.29, 0.717) is 0 Å². The molecule has 7 heteroatoms. The summed E-state index contributed by atoms with van der Waals surface area (Å²) in [5.74, 6) is 1.71. The molecule has 1 aliphatic heterocycles. The average molecular weight is 249 g/mol. The van der Waals surface area contributed by atoms with Crippen LogP contribution in [0.25, 0.3) is 0 Å². The van der Waals surface area contributed by atoms with Gasteiger partial charge >= 0.3 is 0 Å². The van der Waals surface area contributed by atoms with Crippen LogP contribution in [0.5, 0.6) is 0 Å². The van der Waals surface area contributed by atoms with Gasteiger partial charge in [0.1, 0.15) is 0 Å². The van der Waals surface area contributed by atoms with Crippen molar-refractivity contribution in [3.63, 3.8) is 0 Å². The zero-order valence-corrected chi connectivity index (χ0v) is 9.90. The summed E-state index contributed by atoms with van der Waals surface area (Å²) in [6, 6.07) is -0.0693. The topological polar surface area (TPSA) is 59.0 Å². The highest BCUT2D eigenvalue weighted by Gasteiger charge is 2.22. The highest BCUT2D eigenvalue weighted by atomic mass is 35.5. The Morgan fingerprint density at radius 3 is 3.13 bits per heavy atom. The van der Waals surface area contributed by atoms with Gasteiger partial charge in [-0.1, -0.05) is 0 Å². The van der Waals surface area contributed by atoms with E-state index in [-0.39, 0.29) is 24.4 Å². The minimum absolute atomic E-state index is 0. The van der Waals surface area contributed by atoms with Crippen LogP contribution in [0.4, 0.5) is 5.69 Å². The molecule has 1 unspecified atom stereocenters. The second-order valence-corrected chi connectivity index (χ2v) is 4.19. The van der Waals surface area contributed by atoms with Crippen LogP contribution in [0, 0.1) is 0 Å². The van der Waals surface area contributed by atoms with Crippen molar-refractivity contribution in [2.75, 3.05) is 16.9 Å². The monoisotopic (exact) mass is 248 g/mol. The Morgan fingerprint density at radius 1 is 1.80 bits per heavy atom. The number of carbonyl (C=O) groups is 1. The molecule has 1 aromatic heterocycles. The summed E-state index contributed by atoms with van der Waals surface area (Å²) >= 11 is 1.73. The van der Waals surface area contributed by atoms with Gasteiger partial charge in [-0.3, -0.25) is 14.8 Å². The van der Waals surface area contributed by atoms with E-state index in [1.54, 1.807) is 28.8 Å². The largest absolute Gasteiger partial charge is 0.322 e. The summed E-state index contributed by atoms with van der Waals surface area (Å²) < 4.78 is 1.66. The number of rotatable bonds is 2. The van der Waals surface area contributed by atoms with E-state index >= 15 is 0 Å². The van der Waals surface area contributed by atoms with Crippen molar-refractivity contribution in [1.82, 2.24) is 15.1 Å². The molecule has 1 saturated heterocycles. The lowest BCUT2D eigenvalue weighted by Gasteiger charge is -2.08. The molecule has 1 fully saturated rings. The van der Waals surface area contributed by atoms with Gasteiger partial charge in [0, 0.05) is 24.9 Å². The van der Waals surface area contributed by atoms with Crippen molar-refractivity contribution in [3.05, 3.63) is 12.4 Å². The number of halogens is 1. The number of aryl methyl sites for hydroxylation is 1. The average Bonchev–Trinajstić information content (AvgIpc) is 2.75. The third kappa shape index (κ3) is 3.12. The standard InChI is InChI=1S/C8H12N4OS.ClH/c1-12-3-6(2-10-12)11-8(13)7-4-14-5-9-7;/h2-3,7,9H,4-5H2,1H3,(H,11,13);1H. The van der Waals surface area contributed by atoms with E-state index in [9.17, 15) is 4.79 Å². The Kier molecular flexibility index (Phi) is 4.44. The molecular weight excluding hydrogens is 236 g/mol. The normalized spacial score (nSPS) is 19.7. The third-order valence-corrected chi connectivity index (χ3v) is 2.95. The van der Waals surface area contributed by atoms with Crippen LogP contribution in [0.2, 0.25) is 0 Å². The van der Waals surface area contributed by atoms with Crippen molar-refractivity contribution in [2.45, 2.75) is 6.04 Å². The Labute approximate surface area is 98.4 Å². The lowest BCUT2D eigenvalue weighted by atomic mass is 10.3. The van der Waals surface area contributed by atoms with E-state index < -0.39 is 0 Å². The summed E-state index contributed by atoms with van der Waals surface area (Å²) in [5, 5.41) is 9.89. The van der Waals surface area contributed by atoms with Crippen LogP contribution in [0.3, 0.4) is 0 Å². The van der Waals surface area contributed by atoms with Gasteiger partial charge in [0.05, 0.1) is 17.9 Å². The predicted octanol–water partition coefficient (Wildman–Crippen LogP) is 0.443. The number of thioether (sulfide) groups is 1. The molecule has 1 aliphatic rings. The minimum atomic E-state index is -0.0693. The van der Waals surface area contributed by atoms with Crippen LogP contribution >= 0.6 is 24.2 Å². The van der Waals surface area contributed by atoms with E-state index in [2.05, 4.69) is 15.7 Å². The molecule has 2 rings (SSSR count). The second-order valence-electron chi connectivity index (χ2n) is 3.16. The van der Waals surface area contributed by atoms with Crippen molar-refractivity contribution < 1.29 is 4.79 Å². The highest BCUT2D eigenvalue weighted by molar-refractivity contribution is 7.99. The molecule has 0 spiro atoms. The molecule has 2 heterocycles. The number of hydrogen-bond acceptors (Lipinski definition) is 4. The van der Waals surface area contributed by atoms with Crippen LogP contribution in [-0.4, -0.2) is 33.4 Å². The fraction of sp³-hybridized carbons (Fsp3) is 0.500. The molecular formula is C8H13ClN4OS. The number of carbonyl (C=O) groups excluding carboxylic acids is 1. The summed E-state index contributed by atoms with van der Waals surface area (Å²) in [7, 11) is 1.82. The molecule has 1 aromatic rings. The Balaban J connectivity index is 0.00000112. The summed E-state index contributed by atoms with van der Waals surface area (Å²) in [5.41, 5.74) is 0.746. The number of nitrogens with one attached hydrogen (secondary N) is 2. The lowest BCUT2D eigenvalue weighted by molar-refractivity contribution is -0.117. The first kappa shape index (κ1) is 12.4. The maximum atomic E-state index is 11.6. The van der Waals surface area contributed by atoms with Gasteiger partial charge in [0.25, 0.3) is 0 Å². The molecule has 2 N–H and O–H groups in total. The maximum absolute atomic E-state index is 11.6. The first-order valence-corrected chi connectivity index (χ1v) is 5.52. The number of amides is 1. The quantitative estimate of drug-likeness (QED) is 0.798. The van der Waals surface area contributed by atoms with Crippen molar-refractivity contribution in [2.24, 2.45) is 7.05 Å². The van der Waals surface area contributed by atoms with E-state index in [1.807, 2.05) is 7.05 Å². The zero-order valence-electron chi connectivity index (χ0n) is 8.27. The Bertz CT molecular complexity index is 337. The van der Waals surface area contributed by atoms with Gasteiger partial charge in [-0.25, -0.2) is 0 Å². The minimum Gasteiger partial charge on any atom is -0.322 e. The van der Waals surface area contributed by atoms with Gasteiger partial charge < -0.3 is 5.32 Å². The molecule has 0 aromatic carbocycles. The van der Waals surface area contributed by atoms with Gasteiger partial charge in [-0.15, -0.1) is 24.2 Å². The van der Waals surface area contributed by atoms with Crippen LogP contribution in [-0.2, 0) is 11.8 Å². The molecule has 5 nitrogen and oxygen atoms in total. The van der Waals surface area contributed by atoms with Crippen LogP contribution in [0.15, 0.2) is 12.4 Å². The summed E-state index contributed by atoms with van der Waals surface area (Å²) in [4.78, 5) is 11.6. The molecule has 0 aliphatic carbocycles. The van der Waals surface area contributed by atoms with Crippen LogP contribution < -0.4 is 10.6 Å². The lowest BCUT2D eigenvalue weighted by Crippen LogP contribution is -2.37. The Morgan fingerprint density at radius 2 is 2.60 bits per heavy atom. The van der Waals surface area contributed by atoms with E-state index in [4.69, 9.17) is 0 Å². The fourth-order valence-corrected chi connectivity index (χ4v) is 2.22. The molecule has 1 atom stereocenters. The number of nitrogens with zero attached hydrogens (tertiary/aromatic N) is 2. The SMILES string of the molecule is Cl.Cn1cc(NC(=O)C2CSCN2)cn1. The molecule has 15 heavy (non-hydrogen) atoms. The third-order valence-electron chi connectivity index (χ3n) is 2.01. The highest BCUT2D eigenvalue weighted by Crippen LogP contribution is 2.12. The zero-order chi connectivity index (χ0) is 9.97. The first-order valence-electron chi connectivity index (χ1n) is 4.36. The predicted molar refractivity (Wildman–Crippen MR) is 63.3 cm³/mol. The van der Waals surface area contributed by atoms with Crippen molar-refractivity contribution >= 4 is 35.8 Å². The molecule has 84 valence electrons. The van der Waals surface area contributed by atoms with Gasteiger partial charge in [0.2, 0.25) is 5.91 Å². The molecule has 0 radical (unpaired) electrons. The van der Waals surface area contributed by atoms with Crippen molar-refractivity contribution in [3.8, 4) is 0 Å². The molecule has 1 amide bonds. The number of aromatic nitrogens is 2. The van der Waals surface area contributed by atoms with Gasteiger partial charge in [-0.2, -0.15) is 5.10 Å². The van der Waals surface area contributed by atoms with Gasteiger partial charge in [0.15, 0.2) is 0 Å². The Hall–Kier alpha value is -0.720. The van der Waals surface area contributed by atoms with Crippen molar-refractivity contribution in [1.29, 1.82) is 0 Å². The molecule has 0 saturated carbocycles. The van der Waals surface area contributed by atoms with E-state index in [1.165, 1.54) is 0 Å². The number of anilines is 1. The summed E-state index contributed by atoms with van der Waals surface area (Å²) in [6.45, 7) is 0. The fourth-order valence-electron chi connectivity index (χ4n) is 1.28. The first-order chi connectivity index (χ1) is 6.75. The smallest absolute Gasteiger partial charge is 0.242 e. The maximum Gasteiger partial charge on any atom is 0.242 e.